The molecule has 3 aromatic carbocycles. The molecule has 0 saturated carbocycles. The summed E-state index contributed by atoms with van der Waals surface area (Å²) in [6.07, 6.45) is 0. The van der Waals surface area contributed by atoms with E-state index >= 15 is 0 Å². The Morgan fingerprint density at radius 3 is 2.43 bits per heavy atom. The van der Waals surface area contributed by atoms with Crippen LogP contribution in [0.1, 0.15) is 11.1 Å². The maximum atomic E-state index is 6.42. The number of hydrogen-bond acceptors (Lipinski definition) is 2. The van der Waals surface area contributed by atoms with Crippen LogP contribution in [0.15, 0.2) is 54.6 Å². The molecule has 1 heterocycles. The molecule has 0 bridgehead atoms. The maximum Gasteiger partial charge on any atom is 0.0643 e. The van der Waals surface area contributed by atoms with Gasteiger partial charge in [0.05, 0.1) is 21.1 Å². The van der Waals surface area contributed by atoms with Gasteiger partial charge in [0, 0.05) is 15.5 Å². The van der Waals surface area contributed by atoms with Gasteiger partial charge in [-0.1, -0.05) is 41.9 Å². The Kier molecular flexibility index (Phi) is 3.51. The van der Waals surface area contributed by atoms with E-state index < -0.39 is 0 Å². The first-order valence-corrected chi connectivity index (χ1v) is 8.77. The van der Waals surface area contributed by atoms with E-state index in [0.717, 1.165) is 16.4 Å². The van der Waals surface area contributed by atoms with E-state index in [0.29, 0.717) is 0 Å². The Bertz CT molecular complexity index is 1030. The summed E-state index contributed by atoms with van der Waals surface area (Å²) in [5.41, 5.74) is 4.51. The van der Waals surface area contributed by atoms with Crippen LogP contribution in [0.25, 0.3) is 20.2 Å². The lowest BCUT2D eigenvalue weighted by atomic mass is 10.1. The van der Waals surface area contributed by atoms with Crippen molar-refractivity contribution in [1.29, 1.82) is 0 Å². The smallest absolute Gasteiger partial charge is 0.0643 e. The summed E-state index contributed by atoms with van der Waals surface area (Å²) in [7, 11) is 0. The van der Waals surface area contributed by atoms with Gasteiger partial charge in [-0.3, -0.25) is 0 Å². The fraction of sp³-hybridized carbons (Fsp3) is 0.100. The maximum absolute atomic E-state index is 6.42. The van der Waals surface area contributed by atoms with Crippen molar-refractivity contribution in [3.8, 4) is 0 Å². The Morgan fingerprint density at radius 1 is 0.826 bits per heavy atom. The molecule has 0 fully saturated rings. The zero-order chi connectivity index (χ0) is 16.0. The van der Waals surface area contributed by atoms with Crippen LogP contribution in [-0.2, 0) is 0 Å². The second kappa shape index (κ2) is 5.55. The van der Waals surface area contributed by atoms with Crippen molar-refractivity contribution >= 4 is 54.5 Å². The predicted molar refractivity (Wildman–Crippen MR) is 104 cm³/mol. The lowest BCUT2D eigenvalue weighted by Gasteiger charge is -2.12. The number of benzene rings is 3. The summed E-state index contributed by atoms with van der Waals surface area (Å²) in [5, 5.41) is 6.87. The average molecular weight is 338 g/mol. The van der Waals surface area contributed by atoms with Crippen LogP contribution in [0.4, 0.5) is 11.4 Å². The second-order valence-electron chi connectivity index (χ2n) is 5.82. The monoisotopic (exact) mass is 337 g/mol. The lowest BCUT2D eigenvalue weighted by Crippen LogP contribution is -1.93. The first kappa shape index (κ1) is 14.6. The number of nitrogens with one attached hydrogen (secondary N) is 1. The van der Waals surface area contributed by atoms with Crippen molar-refractivity contribution in [2.45, 2.75) is 13.8 Å². The summed E-state index contributed by atoms with van der Waals surface area (Å²) in [6.45, 7) is 4.19. The summed E-state index contributed by atoms with van der Waals surface area (Å²) >= 11 is 8.24. The van der Waals surface area contributed by atoms with Crippen LogP contribution in [0.3, 0.4) is 0 Å². The molecule has 4 aromatic rings. The van der Waals surface area contributed by atoms with Crippen LogP contribution < -0.4 is 5.32 Å². The number of aryl methyl sites for hydroxylation is 2. The van der Waals surface area contributed by atoms with E-state index in [1.54, 1.807) is 0 Å². The predicted octanol–water partition coefficient (Wildman–Crippen LogP) is 7.07. The number of fused-ring (bicyclic) bond motifs is 3. The molecule has 0 unspecified atom stereocenters. The molecule has 1 N–H and O–H groups in total. The highest BCUT2D eigenvalue weighted by atomic mass is 35.5. The van der Waals surface area contributed by atoms with E-state index in [2.05, 4.69) is 67.7 Å². The van der Waals surface area contributed by atoms with Gasteiger partial charge in [0.1, 0.15) is 0 Å². The first-order chi connectivity index (χ1) is 11.1. The Labute approximate surface area is 144 Å². The van der Waals surface area contributed by atoms with Crippen molar-refractivity contribution in [2.24, 2.45) is 0 Å². The van der Waals surface area contributed by atoms with Gasteiger partial charge in [0.25, 0.3) is 0 Å². The van der Waals surface area contributed by atoms with Crippen molar-refractivity contribution in [3.63, 3.8) is 0 Å². The molecule has 114 valence electrons. The minimum Gasteiger partial charge on any atom is -0.353 e. The molecule has 1 nitrogen and oxygen atoms in total. The van der Waals surface area contributed by atoms with Crippen LogP contribution in [0.2, 0.25) is 5.02 Å². The number of rotatable bonds is 2. The van der Waals surface area contributed by atoms with Crippen LogP contribution >= 0.6 is 22.9 Å². The molecule has 0 saturated heterocycles. The average Bonchev–Trinajstić information content (AvgIpc) is 2.92. The van der Waals surface area contributed by atoms with Crippen LogP contribution in [0, 0.1) is 13.8 Å². The summed E-state index contributed by atoms with van der Waals surface area (Å²) in [5.74, 6) is 0. The molecule has 0 atom stereocenters. The highest BCUT2D eigenvalue weighted by Crippen LogP contribution is 2.39. The molecular formula is C20H16ClNS. The quantitative estimate of drug-likeness (QED) is 0.412. The van der Waals surface area contributed by atoms with E-state index in [4.69, 9.17) is 11.6 Å². The Hall–Kier alpha value is -2.03. The third kappa shape index (κ3) is 2.48. The molecule has 0 aliphatic rings. The summed E-state index contributed by atoms with van der Waals surface area (Å²) in [6, 6.07) is 19.1. The minimum absolute atomic E-state index is 0.756. The van der Waals surface area contributed by atoms with Gasteiger partial charge >= 0.3 is 0 Å². The topological polar surface area (TPSA) is 12.0 Å². The van der Waals surface area contributed by atoms with Crippen molar-refractivity contribution in [1.82, 2.24) is 0 Å². The molecule has 0 spiro atoms. The molecular weight excluding hydrogens is 322 g/mol. The van der Waals surface area contributed by atoms with Crippen LogP contribution in [0.5, 0.6) is 0 Å². The normalized spacial score (nSPS) is 11.3. The SMILES string of the molecule is Cc1cc(Cl)c(Nc2cccc3c2sc2ccccc23)cc1C. The van der Waals surface area contributed by atoms with Gasteiger partial charge in [-0.15, -0.1) is 11.3 Å². The molecule has 4 rings (SSSR count). The highest BCUT2D eigenvalue weighted by molar-refractivity contribution is 7.26. The lowest BCUT2D eigenvalue weighted by molar-refractivity contribution is 1.34. The van der Waals surface area contributed by atoms with Crippen molar-refractivity contribution in [3.05, 3.63) is 70.7 Å². The molecule has 3 heteroatoms. The van der Waals surface area contributed by atoms with E-state index in [1.165, 1.54) is 31.3 Å². The minimum atomic E-state index is 0.756. The van der Waals surface area contributed by atoms with Crippen LogP contribution in [-0.4, -0.2) is 0 Å². The van der Waals surface area contributed by atoms with Crippen molar-refractivity contribution in [2.75, 3.05) is 5.32 Å². The third-order valence-electron chi connectivity index (χ3n) is 4.26. The number of halogens is 1. The number of thiophene rings is 1. The molecule has 0 aliphatic heterocycles. The highest BCUT2D eigenvalue weighted by Gasteiger charge is 2.10. The Morgan fingerprint density at radius 2 is 1.57 bits per heavy atom. The molecule has 1 aromatic heterocycles. The molecule has 23 heavy (non-hydrogen) atoms. The van der Waals surface area contributed by atoms with Gasteiger partial charge in [-0.25, -0.2) is 0 Å². The van der Waals surface area contributed by atoms with Gasteiger partial charge < -0.3 is 5.32 Å². The summed E-state index contributed by atoms with van der Waals surface area (Å²) in [4.78, 5) is 0. The second-order valence-corrected chi connectivity index (χ2v) is 7.28. The van der Waals surface area contributed by atoms with E-state index in [-0.39, 0.29) is 0 Å². The standard InChI is InChI=1S/C20H16ClNS/c1-12-10-16(21)18(11-13(12)2)22-17-8-5-7-15-14-6-3-4-9-19(14)23-20(15)17/h3-11,22H,1-2H3. The van der Waals surface area contributed by atoms with Crippen molar-refractivity contribution < 1.29 is 0 Å². The molecule has 0 aliphatic carbocycles. The number of hydrogen-bond donors (Lipinski definition) is 1. The molecule has 0 amide bonds. The van der Waals surface area contributed by atoms with Gasteiger partial charge in [0.15, 0.2) is 0 Å². The zero-order valence-electron chi connectivity index (χ0n) is 13.0. The zero-order valence-corrected chi connectivity index (χ0v) is 14.6. The largest absolute Gasteiger partial charge is 0.353 e. The van der Waals surface area contributed by atoms with Gasteiger partial charge in [-0.2, -0.15) is 0 Å². The van der Waals surface area contributed by atoms with Gasteiger partial charge in [-0.05, 0) is 49.2 Å². The van der Waals surface area contributed by atoms with E-state index in [9.17, 15) is 0 Å². The summed E-state index contributed by atoms with van der Waals surface area (Å²) < 4.78 is 2.57. The fourth-order valence-electron chi connectivity index (χ4n) is 2.87. The fourth-order valence-corrected chi connectivity index (χ4v) is 4.30. The first-order valence-electron chi connectivity index (χ1n) is 7.57. The third-order valence-corrected chi connectivity index (χ3v) is 5.79. The number of anilines is 2. The van der Waals surface area contributed by atoms with Gasteiger partial charge in [0.2, 0.25) is 0 Å². The Balaban J connectivity index is 1.88. The van der Waals surface area contributed by atoms with E-state index in [1.807, 2.05) is 17.4 Å². The molecule has 0 radical (unpaired) electrons.